The predicted molar refractivity (Wildman–Crippen MR) is 105 cm³/mol. The van der Waals surface area contributed by atoms with Gasteiger partial charge in [-0.2, -0.15) is 0 Å². The van der Waals surface area contributed by atoms with Crippen LogP contribution in [0.2, 0.25) is 0 Å². The number of rotatable bonds is 3. The first kappa shape index (κ1) is 17.9. The van der Waals surface area contributed by atoms with E-state index in [9.17, 15) is 4.79 Å². The molecule has 0 spiro atoms. The maximum absolute atomic E-state index is 12.7. The van der Waals surface area contributed by atoms with Gasteiger partial charge < -0.3 is 15.0 Å². The Hall–Kier alpha value is -2.47. The van der Waals surface area contributed by atoms with Crippen LogP contribution in [0.3, 0.4) is 0 Å². The van der Waals surface area contributed by atoms with Crippen molar-refractivity contribution in [2.45, 2.75) is 33.1 Å². The Balaban J connectivity index is 1.44. The third-order valence-electron chi connectivity index (χ3n) is 5.29. The molecule has 1 fully saturated rings. The summed E-state index contributed by atoms with van der Waals surface area (Å²) in [7, 11) is 0. The van der Waals surface area contributed by atoms with Crippen molar-refractivity contribution in [3.63, 3.8) is 0 Å². The number of aromatic nitrogens is 2. The van der Waals surface area contributed by atoms with E-state index < -0.39 is 0 Å². The molecule has 0 radical (unpaired) electrons. The lowest BCUT2D eigenvalue weighted by Crippen LogP contribution is -2.38. The molecule has 2 aliphatic rings. The van der Waals surface area contributed by atoms with Crippen LogP contribution in [0.15, 0.2) is 24.4 Å². The number of amides is 1. The molecule has 6 heteroatoms. The number of fused-ring (bicyclic) bond motifs is 1. The van der Waals surface area contributed by atoms with E-state index >= 15 is 0 Å². The minimum atomic E-state index is -0.0313. The first-order chi connectivity index (χ1) is 13.1. The van der Waals surface area contributed by atoms with Gasteiger partial charge in [0.1, 0.15) is 0 Å². The molecule has 1 aliphatic carbocycles. The fraction of sp³-hybridized carbons (Fsp3) is 0.476. The molecule has 27 heavy (non-hydrogen) atoms. The number of hydrogen-bond acceptors (Lipinski definition) is 5. The molecular formula is C21H26N4O2. The molecule has 1 atom stereocenters. The number of anilines is 2. The molecule has 4 rings (SSSR count). The first-order valence-corrected chi connectivity index (χ1v) is 9.65. The highest BCUT2D eigenvalue weighted by molar-refractivity contribution is 5.93. The summed E-state index contributed by atoms with van der Waals surface area (Å²) in [6.45, 7) is 7.20. The average Bonchev–Trinajstić information content (AvgIpc) is 2.67. The maximum atomic E-state index is 12.7. The summed E-state index contributed by atoms with van der Waals surface area (Å²) in [4.78, 5) is 24.2. The van der Waals surface area contributed by atoms with Crippen LogP contribution in [0, 0.1) is 19.8 Å². The molecule has 0 saturated carbocycles. The van der Waals surface area contributed by atoms with Crippen LogP contribution in [0.5, 0.6) is 0 Å². The number of ether oxygens (including phenoxy) is 1. The van der Waals surface area contributed by atoms with E-state index in [-0.39, 0.29) is 11.8 Å². The smallest absolute Gasteiger partial charge is 0.227 e. The number of morpholine rings is 1. The van der Waals surface area contributed by atoms with Gasteiger partial charge in [0.2, 0.25) is 11.9 Å². The summed E-state index contributed by atoms with van der Waals surface area (Å²) < 4.78 is 5.40. The lowest BCUT2D eigenvalue weighted by Gasteiger charge is -2.28. The molecular weight excluding hydrogens is 340 g/mol. The highest BCUT2D eigenvalue weighted by Gasteiger charge is 2.27. The van der Waals surface area contributed by atoms with E-state index in [4.69, 9.17) is 9.72 Å². The molecule has 1 aromatic carbocycles. The summed E-state index contributed by atoms with van der Waals surface area (Å²) in [5, 5.41) is 3.09. The van der Waals surface area contributed by atoms with Crippen molar-refractivity contribution in [1.82, 2.24) is 9.97 Å². The molecule has 1 aliphatic heterocycles. The van der Waals surface area contributed by atoms with Gasteiger partial charge in [0.05, 0.1) is 13.2 Å². The van der Waals surface area contributed by atoms with E-state index in [0.29, 0.717) is 6.42 Å². The molecule has 6 nitrogen and oxygen atoms in total. The molecule has 1 aromatic heterocycles. The summed E-state index contributed by atoms with van der Waals surface area (Å²) >= 11 is 0. The van der Waals surface area contributed by atoms with E-state index in [1.807, 2.05) is 32.2 Å². The molecule has 1 unspecified atom stereocenters. The van der Waals surface area contributed by atoms with E-state index in [0.717, 1.165) is 73.2 Å². The van der Waals surface area contributed by atoms with Gasteiger partial charge in [-0.3, -0.25) is 4.79 Å². The molecule has 0 bridgehead atoms. The lowest BCUT2D eigenvalue weighted by atomic mass is 9.86. The van der Waals surface area contributed by atoms with Crippen LogP contribution in [-0.4, -0.2) is 42.2 Å². The summed E-state index contributed by atoms with van der Waals surface area (Å²) in [5.41, 5.74) is 5.37. The number of hydrogen-bond donors (Lipinski definition) is 1. The Morgan fingerprint density at radius 2 is 1.93 bits per heavy atom. The molecule has 142 valence electrons. The monoisotopic (exact) mass is 366 g/mol. The minimum Gasteiger partial charge on any atom is -0.378 e. The highest BCUT2D eigenvalue weighted by atomic mass is 16.5. The molecule has 2 heterocycles. The van der Waals surface area contributed by atoms with Gasteiger partial charge in [-0.05, 0) is 61.9 Å². The van der Waals surface area contributed by atoms with E-state index in [2.05, 4.69) is 21.3 Å². The van der Waals surface area contributed by atoms with Gasteiger partial charge in [0.15, 0.2) is 0 Å². The standard InChI is InChI=1S/C21H26N4O2/c1-14-9-15(2)11-18(10-14)23-20(26)16-3-4-19-17(12-16)13-22-21(24-19)25-5-7-27-8-6-25/h9-11,13,16H,3-8,12H2,1-2H3,(H,23,26). The Labute approximate surface area is 160 Å². The van der Waals surface area contributed by atoms with Crippen LogP contribution in [0.25, 0.3) is 0 Å². The topological polar surface area (TPSA) is 67.4 Å². The van der Waals surface area contributed by atoms with Crippen molar-refractivity contribution in [1.29, 1.82) is 0 Å². The zero-order chi connectivity index (χ0) is 18.8. The second kappa shape index (κ2) is 7.64. The Kier molecular flexibility index (Phi) is 5.07. The van der Waals surface area contributed by atoms with Gasteiger partial charge in [-0.15, -0.1) is 0 Å². The third kappa shape index (κ3) is 4.11. The second-order valence-electron chi connectivity index (χ2n) is 7.55. The second-order valence-corrected chi connectivity index (χ2v) is 7.55. The van der Waals surface area contributed by atoms with Gasteiger partial charge in [0, 0.05) is 36.6 Å². The zero-order valence-electron chi connectivity index (χ0n) is 16.0. The number of nitrogens with one attached hydrogen (secondary N) is 1. The number of carbonyl (C=O) groups is 1. The van der Waals surface area contributed by atoms with Crippen LogP contribution >= 0.6 is 0 Å². The largest absolute Gasteiger partial charge is 0.378 e. The fourth-order valence-electron chi connectivity index (χ4n) is 3.93. The maximum Gasteiger partial charge on any atom is 0.227 e. The van der Waals surface area contributed by atoms with Crippen LogP contribution in [-0.2, 0) is 22.4 Å². The molecule has 1 N–H and O–H groups in total. The van der Waals surface area contributed by atoms with E-state index in [1.54, 1.807) is 0 Å². The number of carbonyl (C=O) groups excluding carboxylic acids is 1. The Morgan fingerprint density at radius 3 is 2.67 bits per heavy atom. The lowest BCUT2D eigenvalue weighted by molar-refractivity contribution is -0.120. The quantitative estimate of drug-likeness (QED) is 0.905. The number of nitrogens with zero attached hydrogens (tertiary/aromatic N) is 3. The summed E-state index contributed by atoms with van der Waals surface area (Å²) in [6.07, 6.45) is 4.25. The Bertz CT molecular complexity index is 826. The highest BCUT2D eigenvalue weighted by Crippen LogP contribution is 2.27. The normalized spacial score (nSPS) is 19.5. The molecule has 2 aromatic rings. The van der Waals surface area contributed by atoms with Gasteiger partial charge in [-0.25, -0.2) is 9.97 Å². The van der Waals surface area contributed by atoms with Crippen molar-refractivity contribution in [2.24, 2.45) is 5.92 Å². The first-order valence-electron chi connectivity index (χ1n) is 9.65. The van der Waals surface area contributed by atoms with Gasteiger partial charge >= 0.3 is 0 Å². The third-order valence-corrected chi connectivity index (χ3v) is 5.29. The number of aryl methyl sites for hydroxylation is 3. The van der Waals surface area contributed by atoms with Gasteiger partial charge in [-0.1, -0.05) is 6.07 Å². The van der Waals surface area contributed by atoms with Crippen LogP contribution in [0.4, 0.5) is 11.6 Å². The van der Waals surface area contributed by atoms with Crippen molar-refractivity contribution in [3.8, 4) is 0 Å². The molecule has 1 amide bonds. The van der Waals surface area contributed by atoms with Crippen molar-refractivity contribution >= 4 is 17.5 Å². The minimum absolute atomic E-state index is 0.0313. The predicted octanol–water partition coefficient (Wildman–Crippen LogP) is 2.67. The molecule has 1 saturated heterocycles. The zero-order valence-corrected chi connectivity index (χ0v) is 16.0. The van der Waals surface area contributed by atoms with E-state index in [1.165, 1.54) is 0 Å². The average molecular weight is 366 g/mol. The fourth-order valence-corrected chi connectivity index (χ4v) is 3.93. The van der Waals surface area contributed by atoms with Crippen LogP contribution < -0.4 is 10.2 Å². The van der Waals surface area contributed by atoms with Crippen molar-refractivity contribution in [3.05, 3.63) is 46.8 Å². The van der Waals surface area contributed by atoms with Gasteiger partial charge in [0.25, 0.3) is 0 Å². The van der Waals surface area contributed by atoms with Crippen molar-refractivity contribution in [2.75, 3.05) is 36.5 Å². The SMILES string of the molecule is Cc1cc(C)cc(NC(=O)C2CCc3nc(N4CCOCC4)ncc3C2)c1. The number of benzene rings is 1. The summed E-state index contributed by atoms with van der Waals surface area (Å²) in [5.74, 6) is 0.842. The van der Waals surface area contributed by atoms with Crippen LogP contribution in [0.1, 0.15) is 28.8 Å². The Morgan fingerprint density at radius 1 is 1.19 bits per heavy atom. The van der Waals surface area contributed by atoms with Crippen molar-refractivity contribution < 1.29 is 9.53 Å². The summed E-state index contributed by atoms with van der Waals surface area (Å²) in [6, 6.07) is 6.13.